The summed E-state index contributed by atoms with van der Waals surface area (Å²) in [7, 11) is 0. The quantitative estimate of drug-likeness (QED) is 0.810. The zero-order valence-electron chi connectivity index (χ0n) is 13.5. The molecule has 0 radical (unpaired) electrons. The van der Waals surface area contributed by atoms with E-state index in [1.807, 2.05) is 20.8 Å². The van der Waals surface area contributed by atoms with Gasteiger partial charge in [-0.1, -0.05) is 0 Å². The van der Waals surface area contributed by atoms with E-state index < -0.39 is 5.60 Å². The van der Waals surface area contributed by atoms with Crippen LogP contribution in [-0.4, -0.2) is 68.1 Å². The van der Waals surface area contributed by atoms with E-state index in [-0.39, 0.29) is 11.6 Å². The minimum absolute atomic E-state index is 0.271. The number of hydrogen-bond acceptors (Lipinski definition) is 5. The molecule has 0 aliphatic carbocycles. The first-order valence-corrected chi connectivity index (χ1v) is 7.91. The number of piperazine rings is 1. The van der Waals surface area contributed by atoms with Crippen LogP contribution in [0.1, 0.15) is 33.6 Å². The molecule has 0 aromatic heterocycles. The fourth-order valence-corrected chi connectivity index (χ4v) is 2.79. The predicted molar refractivity (Wildman–Crippen MR) is 81.5 cm³/mol. The highest BCUT2D eigenvalue weighted by Crippen LogP contribution is 2.24. The molecule has 0 spiro atoms. The Morgan fingerprint density at radius 1 is 1.38 bits per heavy atom. The van der Waals surface area contributed by atoms with Crippen LogP contribution >= 0.6 is 0 Å². The molecule has 1 atom stereocenters. The summed E-state index contributed by atoms with van der Waals surface area (Å²) in [4.78, 5) is 14.5. The van der Waals surface area contributed by atoms with Gasteiger partial charge in [-0.15, -0.1) is 0 Å². The lowest BCUT2D eigenvalue weighted by Gasteiger charge is -2.34. The van der Waals surface area contributed by atoms with Gasteiger partial charge in [0.25, 0.3) is 0 Å². The van der Waals surface area contributed by atoms with Gasteiger partial charge in [0.15, 0.2) is 0 Å². The number of carbonyl (C=O) groups excluding carboxylic acids is 1. The van der Waals surface area contributed by atoms with E-state index in [1.165, 1.54) is 0 Å². The van der Waals surface area contributed by atoms with E-state index in [0.717, 1.165) is 45.6 Å². The number of carbonyl (C=O) groups is 1. The highest BCUT2D eigenvalue weighted by molar-refractivity contribution is 5.68. The van der Waals surface area contributed by atoms with Gasteiger partial charge in [0.1, 0.15) is 5.60 Å². The first-order chi connectivity index (χ1) is 9.89. The Hall–Kier alpha value is -0.850. The molecule has 2 N–H and O–H groups in total. The standard InChI is InChI=1S/C15H29N3O3/c1-14(2,3)21-13(19)17-15(5-11-20-12-15)4-8-18-9-6-16-7-10-18/h16H,4-12H2,1-3H3,(H,17,19). The van der Waals surface area contributed by atoms with Crippen molar-refractivity contribution in [3.05, 3.63) is 0 Å². The van der Waals surface area contributed by atoms with E-state index in [4.69, 9.17) is 9.47 Å². The SMILES string of the molecule is CC(C)(C)OC(=O)NC1(CCN2CCNCC2)CCOC1. The molecule has 0 bridgehead atoms. The summed E-state index contributed by atoms with van der Waals surface area (Å²) in [5, 5.41) is 6.41. The zero-order valence-corrected chi connectivity index (χ0v) is 13.5. The second-order valence-corrected chi connectivity index (χ2v) is 7.05. The van der Waals surface area contributed by atoms with Gasteiger partial charge in [0.05, 0.1) is 12.1 Å². The molecule has 2 aliphatic heterocycles. The van der Waals surface area contributed by atoms with Crippen LogP contribution in [0.5, 0.6) is 0 Å². The molecule has 2 aliphatic rings. The minimum atomic E-state index is -0.469. The van der Waals surface area contributed by atoms with Crippen LogP contribution in [0.3, 0.4) is 0 Å². The van der Waals surface area contributed by atoms with Crippen molar-refractivity contribution in [3.8, 4) is 0 Å². The average molecular weight is 299 g/mol. The molecule has 0 saturated carbocycles. The van der Waals surface area contributed by atoms with Crippen molar-refractivity contribution in [1.29, 1.82) is 0 Å². The van der Waals surface area contributed by atoms with Gasteiger partial charge in [-0.3, -0.25) is 0 Å². The summed E-state index contributed by atoms with van der Waals surface area (Å²) in [5.41, 5.74) is -0.740. The largest absolute Gasteiger partial charge is 0.444 e. The van der Waals surface area contributed by atoms with Gasteiger partial charge in [-0.05, 0) is 33.6 Å². The Labute approximate surface area is 127 Å². The summed E-state index contributed by atoms with van der Waals surface area (Å²) < 4.78 is 10.9. The Bertz CT molecular complexity index is 343. The summed E-state index contributed by atoms with van der Waals surface area (Å²) in [6.45, 7) is 12.1. The van der Waals surface area contributed by atoms with Gasteiger partial charge in [0.2, 0.25) is 0 Å². The molecule has 1 amide bonds. The van der Waals surface area contributed by atoms with Gasteiger partial charge in [-0.2, -0.15) is 0 Å². The number of alkyl carbamates (subject to hydrolysis) is 1. The highest BCUT2D eigenvalue weighted by atomic mass is 16.6. The summed E-state index contributed by atoms with van der Waals surface area (Å²) in [6, 6.07) is 0. The molecule has 2 saturated heterocycles. The normalized spacial score (nSPS) is 27.6. The third-order valence-electron chi connectivity index (χ3n) is 3.99. The third-order valence-corrected chi connectivity index (χ3v) is 3.99. The van der Waals surface area contributed by atoms with E-state index in [1.54, 1.807) is 0 Å². The highest BCUT2D eigenvalue weighted by Gasteiger charge is 2.37. The van der Waals surface area contributed by atoms with E-state index >= 15 is 0 Å². The fourth-order valence-electron chi connectivity index (χ4n) is 2.79. The molecule has 0 aromatic carbocycles. The van der Waals surface area contributed by atoms with Crippen molar-refractivity contribution < 1.29 is 14.3 Å². The lowest BCUT2D eigenvalue weighted by molar-refractivity contribution is 0.0422. The Morgan fingerprint density at radius 2 is 2.10 bits per heavy atom. The van der Waals surface area contributed by atoms with Gasteiger partial charge in [0, 0.05) is 39.3 Å². The molecule has 2 rings (SSSR count). The molecular formula is C15H29N3O3. The number of nitrogens with one attached hydrogen (secondary N) is 2. The first kappa shape index (κ1) is 16.5. The lowest BCUT2D eigenvalue weighted by atomic mass is 9.94. The Kier molecular flexibility index (Phi) is 5.46. The fraction of sp³-hybridized carbons (Fsp3) is 0.933. The van der Waals surface area contributed by atoms with Crippen LogP contribution in [0.15, 0.2) is 0 Å². The van der Waals surface area contributed by atoms with Crippen molar-refractivity contribution in [3.63, 3.8) is 0 Å². The topological polar surface area (TPSA) is 62.8 Å². The summed E-state index contributed by atoms with van der Waals surface area (Å²) >= 11 is 0. The lowest BCUT2D eigenvalue weighted by Crippen LogP contribution is -2.53. The molecule has 21 heavy (non-hydrogen) atoms. The van der Waals surface area contributed by atoms with Crippen LogP contribution < -0.4 is 10.6 Å². The van der Waals surface area contributed by atoms with Crippen molar-refractivity contribution in [1.82, 2.24) is 15.5 Å². The van der Waals surface area contributed by atoms with E-state index in [9.17, 15) is 4.79 Å². The number of rotatable bonds is 4. The molecular weight excluding hydrogens is 270 g/mol. The van der Waals surface area contributed by atoms with Crippen molar-refractivity contribution in [2.45, 2.75) is 44.8 Å². The Morgan fingerprint density at radius 3 is 2.67 bits per heavy atom. The maximum atomic E-state index is 12.1. The van der Waals surface area contributed by atoms with E-state index in [2.05, 4.69) is 15.5 Å². The second kappa shape index (κ2) is 6.94. The van der Waals surface area contributed by atoms with Crippen LogP contribution in [0.2, 0.25) is 0 Å². The van der Waals surface area contributed by atoms with Gasteiger partial charge in [-0.25, -0.2) is 4.79 Å². The smallest absolute Gasteiger partial charge is 0.408 e. The molecule has 2 heterocycles. The minimum Gasteiger partial charge on any atom is -0.444 e. The molecule has 6 heteroatoms. The van der Waals surface area contributed by atoms with Crippen molar-refractivity contribution in [2.75, 3.05) is 45.9 Å². The number of nitrogens with zero attached hydrogens (tertiary/aromatic N) is 1. The van der Waals surface area contributed by atoms with Crippen molar-refractivity contribution >= 4 is 6.09 Å². The summed E-state index contributed by atoms with van der Waals surface area (Å²) in [5.74, 6) is 0. The monoisotopic (exact) mass is 299 g/mol. The second-order valence-electron chi connectivity index (χ2n) is 7.05. The van der Waals surface area contributed by atoms with Crippen LogP contribution in [-0.2, 0) is 9.47 Å². The zero-order chi connectivity index (χ0) is 15.3. The van der Waals surface area contributed by atoms with E-state index in [0.29, 0.717) is 13.2 Å². The van der Waals surface area contributed by atoms with Crippen LogP contribution in [0.25, 0.3) is 0 Å². The maximum Gasteiger partial charge on any atom is 0.408 e. The van der Waals surface area contributed by atoms with Crippen LogP contribution in [0.4, 0.5) is 4.79 Å². The molecule has 6 nitrogen and oxygen atoms in total. The average Bonchev–Trinajstić information content (AvgIpc) is 2.84. The Balaban J connectivity index is 1.85. The summed E-state index contributed by atoms with van der Waals surface area (Å²) in [6.07, 6.45) is 1.43. The van der Waals surface area contributed by atoms with Crippen molar-refractivity contribution in [2.24, 2.45) is 0 Å². The molecule has 0 aromatic rings. The van der Waals surface area contributed by atoms with Gasteiger partial charge < -0.3 is 25.0 Å². The first-order valence-electron chi connectivity index (χ1n) is 7.91. The number of amides is 1. The predicted octanol–water partition coefficient (Wildman–Crippen LogP) is 0.966. The molecule has 2 fully saturated rings. The van der Waals surface area contributed by atoms with Crippen LogP contribution in [0, 0.1) is 0 Å². The third kappa shape index (κ3) is 5.45. The maximum absolute atomic E-state index is 12.1. The number of hydrogen-bond donors (Lipinski definition) is 2. The number of ether oxygens (including phenoxy) is 2. The molecule has 1 unspecified atom stereocenters. The van der Waals surface area contributed by atoms with Gasteiger partial charge >= 0.3 is 6.09 Å². The molecule has 122 valence electrons.